The van der Waals surface area contributed by atoms with Gasteiger partial charge in [-0.15, -0.1) is 0 Å². The molecule has 0 fully saturated rings. The lowest BCUT2D eigenvalue weighted by Crippen LogP contribution is -2.35. The third kappa shape index (κ3) is 2.46. The maximum Gasteiger partial charge on any atom is 0.339 e. The van der Waals surface area contributed by atoms with E-state index in [2.05, 4.69) is 0 Å². The molecule has 3 aromatic carbocycles. The Morgan fingerprint density at radius 2 is 1.50 bits per heavy atom. The van der Waals surface area contributed by atoms with Gasteiger partial charge in [0.2, 0.25) is 0 Å². The molecular weight excluding hydrogens is 350 g/mol. The second kappa shape index (κ2) is 6.31. The number of hydrogen-bond donors (Lipinski definition) is 0. The van der Waals surface area contributed by atoms with Crippen molar-refractivity contribution >= 4 is 40.5 Å². The average Bonchev–Trinajstić information content (AvgIpc) is 2.69. The number of carbonyl (C=O) groups excluding carboxylic acids is 3. The van der Waals surface area contributed by atoms with Crippen LogP contribution in [-0.2, 0) is 4.74 Å². The molecule has 0 spiro atoms. The van der Waals surface area contributed by atoms with Crippen molar-refractivity contribution in [2.24, 2.45) is 0 Å². The van der Waals surface area contributed by atoms with Gasteiger partial charge in [-0.1, -0.05) is 36.4 Å². The Kier molecular flexibility index (Phi) is 3.97. The van der Waals surface area contributed by atoms with Crippen LogP contribution in [0.4, 0.5) is 0 Å². The molecule has 0 saturated heterocycles. The Hall–Kier alpha value is -3.12. The Labute approximate surface area is 153 Å². The molecule has 0 aliphatic carbocycles. The number of amides is 2. The van der Waals surface area contributed by atoms with E-state index >= 15 is 0 Å². The second-order valence-electron chi connectivity index (χ2n) is 5.69. The fourth-order valence-electron chi connectivity index (χ4n) is 3.01. The first-order chi connectivity index (χ1) is 12.6. The predicted molar refractivity (Wildman–Crippen MR) is 98.1 cm³/mol. The first-order valence-corrected chi connectivity index (χ1v) is 8.65. The van der Waals surface area contributed by atoms with Gasteiger partial charge in [0.1, 0.15) is 0 Å². The Morgan fingerprint density at radius 1 is 0.885 bits per heavy atom. The number of rotatable bonds is 3. The van der Waals surface area contributed by atoms with Gasteiger partial charge in [-0.2, -0.15) is 0 Å². The molecule has 0 atom stereocenters. The van der Waals surface area contributed by atoms with Crippen molar-refractivity contribution in [3.8, 4) is 0 Å². The molecule has 0 bridgehead atoms. The van der Waals surface area contributed by atoms with E-state index in [4.69, 9.17) is 4.74 Å². The zero-order valence-corrected chi connectivity index (χ0v) is 14.6. The van der Waals surface area contributed by atoms with E-state index in [-0.39, 0.29) is 0 Å². The number of esters is 1. The van der Waals surface area contributed by atoms with E-state index in [1.165, 1.54) is 7.11 Å². The fraction of sp³-hybridized carbons (Fsp3) is 0.0500. The van der Waals surface area contributed by atoms with E-state index in [0.717, 1.165) is 21.6 Å². The van der Waals surface area contributed by atoms with Crippen LogP contribution in [0.1, 0.15) is 31.1 Å². The molecular formula is C20H13NO4S. The van der Waals surface area contributed by atoms with Crippen LogP contribution >= 0.6 is 11.9 Å². The van der Waals surface area contributed by atoms with Crippen LogP contribution in [0.2, 0.25) is 0 Å². The summed E-state index contributed by atoms with van der Waals surface area (Å²) in [6.45, 7) is 0. The van der Waals surface area contributed by atoms with E-state index in [1.54, 1.807) is 48.5 Å². The summed E-state index contributed by atoms with van der Waals surface area (Å²) in [5, 5.41) is 1.52. The topological polar surface area (TPSA) is 63.7 Å². The molecule has 5 nitrogen and oxygen atoms in total. The van der Waals surface area contributed by atoms with Crippen molar-refractivity contribution in [3.63, 3.8) is 0 Å². The van der Waals surface area contributed by atoms with Crippen LogP contribution in [0.5, 0.6) is 0 Å². The molecule has 26 heavy (non-hydrogen) atoms. The Bertz CT molecular complexity index is 1030. The van der Waals surface area contributed by atoms with Crippen molar-refractivity contribution < 1.29 is 19.1 Å². The zero-order valence-electron chi connectivity index (χ0n) is 13.8. The van der Waals surface area contributed by atoms with Gasteiger partial charge in [0.25, 0.3) is 11.8 Å². The van der Waals surface area contributed by atoms with Gasteiger partial charge in [0.05, 0.1) is 12.7 Å². The SMILES string of the molecule is COC(=O)c1ccccc1SN1C(=O)c2cccc3cccc(c23)C1=O. The van der Waals surface area contributed by atoms with Crippen molar-refractivity contribution in [2.75, 3.05) is 7.11 Å². The summed E-state index contributed by atoms with van der Waals surface area (Å²) in [6, 6.07) is 17.5. The van der Waals surface area contributed by atoms with Crippen LogP contribution in [0.3, 0.4) is 0 Å². The summed E-state index contributed by atoms with van der Waals surface area (Å²) >= 11 is 0.932. The quantitative estimate of drug-likeness (QED) is 0.401. The van der Waals surface area contributed by atoms with Gasteiger partial charge >= 0.3 is 5.97 Å². The number of benzene rings is 3. The lowest BCUT2D eigenvalue weighted by Gasteiger charge is -2.26. The highest BCUT2D eigenvalue weighted by Crippen LogP contribution is 2.36. The lowest BCUT2D eigenvalue weighted by molar-refractivity contribution is 0.0594. The molecule has 128 valence electrons. The molecule has 2 amide bonds. The summed E-state index contributed by atoms with van der Waals surface area (Å²) in [7, 11) is 1.29. The van der Waals surface area contributed by atoms with E-state index in [1.807, 2.05) is 12.1 Å². The molecule has 0 saturated carbocycles. The van der Waals surface area contributed by atoms with Crippen LogP contribution in [0, 0.1) is 0 Å². The largest absolute Gasteiger partial charge is 0.465 e. The summed E-state index contributed by atoms with van der Waals surface area (Å²) in [6.07, 6.45) is 0. The van der Waals surface area contributed by atoms with Crippen LogP contribution in [0.25, 0.3) is 10.8 Å². The summed E-state index contributed by atoms with van der Waals surface area (Å²) in [4.78, 5) is 38.3. The fourth-order valence-corrected chi connectivity index (χ4v) is 3.96. The molecule has 4 rings (SSSR count). The zero-order chi connectivity index (χ0) is 18.3. The van der Waals surface area contributed by atoms with Gasteiger partial charge in [0, 0.05) is 21.4 Å². The monoisotopic (exact) mass is 363 g/mol. The normalized spacial score (nSPS) is 13.2. The van der Waals surface area contributed by atoms with Crippen LogP contribution in [-0.4, -0.2) is 29.2 Å². The highest BCUT2D eigenvalue weighted by atomic mass is 32.2. The van der Waals surface area contributed by atoms with Crippen LogP contribution < -0.4 is 0 Å². The lowest BCUT2D eigenvalue weighted by atomic mass is 9.95. The number of ether oxygens (including phenoxy) is 1. The van der Waals surface area contributed by atoms with Gasteiger partial charge in [-0.3, -0.25) is 9.59 Å². The number of nitrogens with zero attached hydrogens (tertiary/aromatic N) is 1. The number of hydrogen-bond acceptors (Lipinski definition) is 5. The molecule has 0 aromatic heterocycles. The molecule has 0 radical (unpaired) electrons. The smallest absolute Gasteiger partial charge is 0.339 e. The Morgan fingerprint density at radius 3 is 2.12 bits per heavy atom. The maximum absolute atomic E-state index is 12.9. The highest BCUT2D eigenvalue weighted by Gasteiger charge is 2.34. The van der Waals surface area contributed by atoms with Crippen molar-refractivity contribution in [3.05, 3.63) is 77.4 Å². The van der Waals surface area contributed by atoms with Gasteiger partial charge in [-0.25, -0.2) is 9.10 Å². The first kappa shape index (κ1) is 16.4. The molecule has 0 N–H and O–H groups in total. The third-order valence-corrected chi connectivity index (χ3v) is 5.28. The van der Waals surface area contributed by atoms with Crippen molar-refractivity contribution in [2.45, 2.75) is 4.90 Å². The van der Waals surface area contributed by atoms with E-state index in [0.29, 0.717) is 27.0 Å². The predicted octanol–water partition coefficient (Wildman–Crippen LogP) is 3.93. The number of carbonyl (C=O) groups is 3. The van der Waals surface area contributed by atoms with Gasteiger partial charge in [-0.05, 0) is 41.6 Å². The van der Waals surface area contributed by atoms with E-state index in [9.17, 15) is 14.4 Å². The average molecular weight is 363 g/mol. The second-order valence-corrected chi connectivity index (χ2v) is 6.68. The Balaban J connectivity index is 1.80. The van der Waals surface area contributed by atoms with Gasteiger partial charge < -0.3 is 4.74 Å². The van der Waals surface area contributed by atoms with Crippen molar-refractivity contribution in [1.82, 2.24) is 4.31 Å². The molecule has 6 heteroatoms. The van der Waals surface area contributed by atoms with Crippen molar-refractivity contribution in [1.29, 1.82) is 0 Å². The third-order valence-electron chi connectivity index (χ3n) is 4.22. The first-order valence-electron chi connectivity index (χ1n) is 7.87. The molecule has 3 aromatic rings. The molecule has 0 unspecified atom stereocenters. The molecule has 1 aliphatic rings. The number of methoxy groups -OCH3 is 1. The minimum atomic E-state index is -0.521. The summed E-state index contributed by atoms with van der Waals surface area (Å²) in [5.74, 6) is -1.32. The summed E-state index contributed by atoms with van der Waals surface area (Å²) < 4.78 is 5.88. The maximum atomic E-state index is 12.9. The minimum Gasteiger partial charge on any atom is -0.465 e. The molecule has 1 aliphatic heterocycles. The van der Waals surface area contributed by atoms with Gasteiger partial charge in [0.15, 0.2) is 0 Å². The van der Waals surface area contributed by atoms with Crippen LogP contribution in [0.15, 0.2) is 65.6 Å². The minimum absolute atomic E-state index is 0.303. The highest BCUT2D eigenvalue weighted by molar-refractivity contribution is 7.98. The standard InChI is InChI=1S/C20H13NO4S/c1-25-20(24)13-8-2-3-11-16(13)26-21-18(22)14-9-4-6-12-7-5-10-15(17(12)14)19(21)23/h2-11H,1H3. The number of imide groups is 1. The molecule has 1 heterocycles. The summed E-state index contributed by atoms with van der Waals surface area (Å²) in [5.41, 5.74) is 1.25. The van der Waals surface area contributed by atoms with E-state index < -0.39 is 17.8 Å².